The molecule has 2 amide bonds. The van der Waals surface area contributed by atoms with Gasteiger partial charge < -0.3 is 9.80 Å². The molecule has 0 radical (unpaired) electrons. The third-order valence-electron chi connectivity index (χ3n) is 5.31. The van der Waals surface area contributed by atoms with Crippen molar-refractivity contribution in [1.82, 2.24) is 19.8 Å². The third-order valence-corrected chi connectivity index (χ3v) is 5.31. The number of aryl methyl sites for hydroxylation is 1. The highest BCUT2D eigenvalue weighted by atomic mass is 16.2. The van der Waals surface area contributed by atoms with Gasteiger partial charge >= 0.3 is 0 Å². The summed E-state index contributed by atoms with van der Waals surface area (Å²) in [5.74, 6) is 1.48. The quantitative estimate of drug-likeness (QED) is 0.840. The molecule has 0 spiro atoms. The Balaban J connectivity index is 1.58. The molecule has 2 fully saturated rings. The molecule has 6 heteroatoms. The normalized spacial score (nSPS) is 21.6. The molecule has 0 aliphatic carbocycles. The average molecular weight is 344 g/mol. The topological polar surface area (TPSA) is 66.4 Å². The zero-order valence-electron chi connectivity index (χ0n) is 15.3. The monoisotopic (exact) mass is 344 g/mol. The number of likely N-dealkylation sites (tertiary alicyclic amines) is 2. The van der Waals surface area contributed by atoms with E-state index in [0.29, 0.717) is 12.3 Å². The van der Waals surface area contributed by atoms with E-state index < -0.39 is 0 Å². The number of nitrogens with zero attached hydrogens (tertiary/aromatic N) is 4. The van der Waals surface area contributed by atoms with Crippen LogP contribution in [-0.2, 0) is 9.59 Å². The summed E-state index contributed by atoms with van der Waals surface area (Å²) in [5.41, 5.74) is 0.986. The second-order valence-electron chi connectivity index (χ2n) is 7.15. The lowest BCUT2D eigenvalue weighted by atomic mass is 9.95. The summed E-state index contributed by atoms with van der Waals surface area (Å²) in [6, 6.07) is 1.66. The highest BCUT2D eigenvalue weighted by Gasteiger charge is 2.37. The summed E-state index contributed by atoms with van der Waals surface area (Å²) in [4.78, 5) is 37.8. The number of hydrogen-bond acceptors (Lipinski definition) is 4. The van der Waals surface area contributed by atoms with Crippen LogP contribution < -0.4 is 0 Å². The summed E-state index contributed by atoms with van der Waals surface area (Å²) in [5, 5.41) is 0. The van der Waals surface area contributed by atoms with Crippen LogP contribution >= 0.6 is 0 Å². The zero-order chi connectivity index (χ0) is 17.8. The molecule has 6 nitrogen and oxygen atoms in total. The number of hydrogen-bond donors (Lipinski definition) is 0. The standard InChI is InChI=1S/C19H28N4O2/c1-3-5-17(24)23-11-4-6-16(23)19(25)22-12-8-15(9-13-22)18-20-10-7-14(2)21-18/h7,10,15-16H,3-6,8-9,11-13H2,1-2H3/t16-/m0/s1. The summed E-state index contributed by atoms with van der Waals surface area (Å²) >= 11 is 0. The van der Waals surface area contributed by atoms with Gasteiger partial charge in [0.25, 0.3) is 0 Å². The lowest BCUT2D eigenvalue weighted by Crippen LogP contribution is -2.49. The van der Waals surface area contributed by atoms with Gasteiger partial charge in [-0.3, -0.25) is 9.59 Å². The van der Waals surface area contributed by atoms with Crippen molar-refractivity contribution in [2.45, 2.75) is 64.3 Å². The van der Waals surface area contributed by atoms with Gasteiger partial charge in [-0.05, 0) is 45.1 Å². The first-order chi connectivity index (χ1) is 12.1. The van der Waals surface area contributed by atoms with Crippen LogP contribution in [0.5, 0.6) is 0 Å². The molecule has 136 valence electrons. The molecule has 0 unspecified atom stereocenters. The Kier molecular flexibility index (Phi) is 5.66. The zero-order valence-corrected chi connectivity index (χ0v) is 15.3. The highest BCUT2D eigenvalue weighted by Crippen LogP contribution is 2.28. The van der Waals surface area contributed by atoms with Gasteiger partial charge in [0.1, 0.15) is 11.9 Å². The molecule has 2 aliphatic rings. The number of carbonyl (C=O) groups is 2. The minimum Gasteiger partial charge on any atom is -0.341 e. The average Bonchev–Trinajstić information content (AvgIpc) is 3.11. The van der Waals surface area contributed by atoms with Gasteiger partial charge in [-0.15, -0.1) is 0 Å². The maximum Gasteiger partial charge on any atom is 0.245 e. The first-order valence-electron chi connectivity index (χ1n) is 9.48. The van der Waals surface area contributed by atoms with Gasteiger partial charge in [0.2, 0.25) is 11.8 Å². The van der Waals surface area contributed by atoms with Crippen LogP contribution in [0.1, 0.15) is 62.9 Å². The predicted molar refractivity (Wildman–Crippen MR) is 95.0 cm³/mol. The van der Waals surface area contributed by atoms with Crippen molar-refractivity contribution < 1.29 is 9.59 Å². The Labute approximate surface area is 149 Å². The molecule has 1 aromatic rings. The maximum atomic E-state index is 12.9. The Hall–Kier alpha value is -1.98. The van der Waals surface area contributed by atoms with E-state index in [2.05, 4.69) is 9.97 Å². The van der Waals surface area contributed by atoms with Crippen LogP contribution in [0.4, 0.5) is 0 Å². The Morgan fingerprint density at radius 1 is 1.20 bits per heavy atom. The van der Waals surface area contributed by atoms with Gasteiger partial charge in [0, 0.05) is 43.9 Å². The van der Waals surface area contributed by atoms with Gasteiger partial charge in [-0.25, -0.2) is 9.97 Å². The fourth-order valence-electron chi connectivity index (χ4n) is 3.91. The van der Waals surface area contributed by atoms with Gasteiger partial charge in [-0.1, -0.05) is 6.92 Å². The number of carbonyl (C=O) groups excluding carboxylic acids is 2. The summed E-state index contributed by atoms with van der Waals surface area (Å²) in [6.07, 6.45) is 6.70. The van der Waals surface area contributed by atoms with Crippen molar-refractivity contribution >= 4 is 11.8 Å². The van der Waals surface area contributed by atoms with E-state index in [9.17, 15) is 9.59 Å². The molecule has 0 N–H and O–H groups in total. The summed E-state index contributed by atoms with van der Waals surface area (Å²) in [7, 11) is 0. The van der Waals surface area contributed by atoms with Crippen molar-refractivity contribution in [2.24, 2.45) is 0 Å². The fourth-order valence-corrected chi connectivity index (χ4v) is 3.91. The molecule has 1 aromatic heterocycles. The first kappa shape index (κ1) is 17.8. The van der Waals surface area contributed by atoms with Crippen molar-refractivity contribution in [3.05, 3.63) is 23.8 Å². The number of aromatic nitrogens is 2. The van der Waals surface area contributed by atoms with Crippen LogP contribution in [0.15, 0.2) is 12.3 Å². The van der Waals surface area contributed by atoms with Crippen molar-refractivity contribution in [1.29, 1.82) is 0 Å². The van der Waals surface area contributed by atoms with E-state index >= 15 is 0 Å². The van der Waals surface area contributed by atoms with E-state index in [1.165, 1.54) is 0 Å². The molecule has 0 saturated carbocycles. The Morgan fingerprint density at radius 3 is 2.64 bits per heavy atom. The number of amides is 2. The molecule has 0 bridgehead atoms. The van der Waals surface area contributed by atoms with E-state index in [0.717, 1.165) is 63.3 Å². The maximum absolute atomic E-state index is 12.9. The van der Waals surface area contributed by atoms with Gasteiger partial charge in [-0.2, -0.15) is 0 Å². The molecule has 3 rings (SSSR count). The molecule has 3 heterocycles. The first-order valence-corrected chi connectivity index (χ1v) is 9.48. The molecule has 1 atom stereocenters. The summed E-state index contributed by atoms with van der Waals surface area (Å²) < 4.78 is 0. The Bertz CT molecular complexity index is 626. The van der Waals surface area contributed by atoms with Crippen molar-refractivity contribution in [3.8, 4) is 0 Å². The number of rotatable bonds is 4. The predicted octanol–water partition coefficient (Wildman–Crippen LogP) is 2.28. The molecule has 2 saturated heterocycles. The summed E-state index contributed by atoms with van der Waals surface area (Å²) in [6.45, 7) is 6.16. The minimum absolute atomic E-state index is 0.126. The highest BCUT2D eigenvalue weighted by molar-refractivity contribution is 5.88. The third kappa shape index (κ3) is 3.99. The molecular weight excluding hydrogens is 316 g/mol. The molecular formula is C19H28N4O2. The number of piperidine rings is 1. The van der Waals surface area contributed by atoms with Crippen LogP contribution in [0.3, 0.4) is 0 Å². The smallest absolute Gasteiger partial charge is 0.245 e. The van der Waals surface area contributed by atoms with Gasteiger partial charge in [0.05, 0.1) is 0 Å². The van der Waals surface area contributed by atoms with Crippen LogP contribution in [0.2, 0.25) is 0 Å². The van der Waals surface area contributed by atoms with Crippen molar-refractivity contribution in [2.75, 3.05) is 19.6 Å². The minimum atomic E-state index is -0.245. The van der Waals surface area contributed by atoms with E-state index in [1.54, 1.807) is 0 Å². The van der Waals surface area contributed by atoms with E-state index in [-0.39, 0.29) is 17.9 Å². The van der Waals surface area contributed by atoms with Crippen molar-refractivity contribution in [3.63, 3.8) is 0 Å². The second-order valence-corrected chi connectivity index (χ2v) is 7.15. The van der Waals surface area contributed by atoms with Crippen LogP contribution in [-0.4, -0.2) is 57.3 Å². The molecule has 0 aromatic carbocycles. The van der Waals surface area contributed by atoms with Gasteiger partial charge in [0.15, 0.2) is 0 Å². The van der Waals surface area contributed by atoms with Crippen LogP contribution in [0.25, 0.3) is 0 Å². The lowest BCUT2D eigenvalue weighted by molar-refractivity contribution is -0.144. The molecule has 2 aliphatic heterocycles. The van der Waals surface area contributed by atoms with E-state index in [1.807, 2.05) is 35.9 Å². The Morgan fingerprint density at radius 2 is 1.96 bits per heavy atom. The SMILES string of the molecule is CCCC(=O)N1CCC[C@H]1C(=O)N1CCC(c2nccc(C)n2)CC1. The second kappa shape index (κ2) is 7.93. The van der Waals surface area contributed by atoms with E-state index in [4.69, 9.17) is 0 Å². The largest absolute Gasteiger partial charge is 0.341 e. The lowest BCUT2D eigenvalue weighted by Gasteiger charge is -2.35. The van der Waals surface area contributed by atoms with Crippen LogP contribution in [0, 0.1) is 6.92 Å². The fraction of sp³-hybridized carbons (Fsp3) is 0.684. The molecule has 25 heavy (non-hydrogen) atoms.